The van der Waals surface area contributed by atoms with Gasteiger partial charge in [0.1, 0.15) is 5.75 Å². The topological polar surface area (TPSA) is 39.7 Å². The summed E-state index contributed by atoms with van der Waals surface area (Å²) in [5.74, 6) is 1.47. The normalized spacial score (nSPS) is 21.6. The van der Waals surface area contributed by atoms with Gasteiger partial charge in [-0.3, -0.25) is 0 Å². The van der Waals surface area contributed by atoms with Gasteiger partial charge in [0.05, 0.1) is 19.3 Å². The van der Waals surface area contributed by atoms with Crippen LogP contribution < -0.4 is 10.1 Å². The molecule has 0 saturated carbocycles. The van der Waals surface area contributed by atoms with E-state index in [1.807, 2.05) is 12.1 Å². The Morgan fingerprint density at radius 1 is 1.24 bits per heavy atom. The minimum absolute atomic E-state index is 0.195. The number of hydrogen-bond acceptors (Lipinski definition) is 4. The van der Waals surface area contributed by atoms with Gasteiger partial charge in [0, 0.05) is 32.7 Å². The van der Waals surface area contributed by atoms with Crippen LogP contribution in [0.15, 0.2) is 24.3 Å². The van der Waals surface area contributed by atoms with E-state index >= 15 is 0 Å². The number of methoxy groups -OCH3 is 1. The monoisotopic (exact) mass is 293 g/mol. The molecule has 1 N–H and O–H groups in total. The lowest BCUT2D eigenvalue weighted by Crippen LogP contribution is -2.27. The molecule has 4 nitrogen and oxygen atoms in total. The molecule has 4 heteroatoms. The fourth-order valence-electron chi connectivity index (χ4n) is 2.65. The summed E-state index contributed by atoms with van der Waals surface area (Å²) in [6, 6.07) is 8.34. The second kappa shape index (κ2) is 9.03. The van der Waals surface area contributed by atoms with Gasteiger partial charge >= 0.3 is 0 Å². The molecule has 21 heavy (non-hydrogen) atoms. The van der Waals surface area contributed by atoms with E-state index in [9.17, 15) is 0 Å². The number of rotatable bonds is 9. The van der Waals surface area contributed by atoms with Crippen molar-refractivity contribution in [2.24, 2.45) is 5.92 Å². The maximum atomic E-state index is 5.92. The molecular formula is C17H27NO3. The minimum atomic E-state index is 0.195. The van der Waals surface area contributed by atoms with Gasteiger partial charge in [0.25, 0.3) is 0 Å². The molecule has 1 aromatic carbocycles. The highest BCUT2D eigenvalue weighted by Crippen LogP contribution is 2.34. The molecule has 1 aliphatic rings. The lowest BCUT2D eigenvalue weighted by molar-refractivity contribution is 0.0898. The van der Waals surface area contributed by atoms with Crippen LogP contribution in [0.2, 0.25) is 0 Å². The van der Waals surface area contributed by atoms with Crippen LogP contribution in [0.3, 0.4) is 0 Å². The maximum absolute atomic E-state index is 5.92. The SMILES string of the molecule is CCCOc1ccc(C2OCCC2CNCCOC)cc1. The molecule has 1 aromatic rings. The number of hydrogen-bond donors (Lipinski definition) is 1. The molecule has 1 aliphatic heterocycles. The standard InChI is InChI=1S/C17H27NO3/c1-3-10-20-16-6-4-14(5-7-16)17-15(8-11-21-17)13-18-9-12-19-2/h4-7,15,17-18H,3,8-13H2,1-2H3. The fraction of sp³-hybridized carbons (Fsp3) is 0.647. The first-order chi connectivity index (χ1) is 10.3. The van der Waals surface area contributed by atoms with Crippen molar-refractivity contribution >= 4 is 0 Å². The van der Waals surface area contributed by atoms with Crippen LogP contribution in [-0.4, -0.2) is 40.0 Å². The van der Waals surface area contributed by atoms with Gasteiger partial charge in [-0.1, -0.05) is 19.1 Å². The Bertz CT molecular complexity index is 394. The van der Waals surface area contributed by atoms with Crippen molar-refractivity contribution in [2.75, 3.05) is 40.0 Å². The van der Waals surface area contributed by atoms with Crippen molar-refractivity contribution in [1.29, 1.82) is 0 Å². The van der Waals surface area contributed by atoms with Gasteiger partial charge in [0.2, 0.25) is 0 Å². The van der Waals surface area contributed by atoms with Crippen LogP contribution in [0.5, 0.6) is 5.75 Å². The van der Waals surface area contributed by atoms with Crippen molar-refractivity contribution < 1.29 is 14.2 Å². The summed E-state index contributed by atoms with van der Waals surface area (Å²) in [5, 5.41) is 3.44. The zero-order valence-electron chi connectivity index (χ0n) is 13.1. The molecule has 0 bridgehead atoms. The van der Waals surface area contributed by atoms with Gasteiger partial charge in [-0.05, 0) is 30.5 Å². The lowest BCUT2D eigenvalue weighted by Gasteiger charge is -2.19. The number of nitrogens with one attached hydrogen (secondary N) is 1. The van der Waals surface area contributed by atoms with E-state index < -0.39 is 0 Å². The van der Waals surface area contributed by atoms with Crippen molar-refractivity contribution in [3.63, 3.8) is 0 Å². The van der Waals surface area contributed by atoms with E-state index in [4.69, 9.17) is 14.2 Å². The molecule has 0 aromatic heterocycles. The molecule has 0 aliphatic carbocycles. The van der Waals surface area contributed by atoms with Crippen molar-refractivity contribution in [1.82, 2.24) is 5.32 Å². The third-order valence-electron chi connectivity index (χ3n) is 3.79. The lowest BCUT2D eigenvalue weighted by atomic mass is 9.95. The van der Waals surface area contributed by atoms with E-state index in [2.05, 4.69) is 24.4 Å². The summed E-state index contributed by atoms with van der Waals surface area (Å²) in [6.45, 7) is 6.34. The Morgan fingerprint density at radius 2 is 2.05 bits per heavy atom. The van der Waals surface area contributed by atoms with Crippen molar-refractivity contribution in [3.05, 3.63) is 29.8 Å². The van der Waals surface area contributed by atoms with Gasteiger partial charge in [-0.15, -0.1) is 0 Å². The summed E-state index contributed by atoms with van der Waals surface area (Å²) in [7, 11) is 1.73. The van der Waals surface area contributed by atoms with Gasteiger partial charge in [0.15, 0.2) is 0 Å². The largest absolute Gasteiger partial charge is 0.494 e. The zero-order chi connectivity index (χ0) is 14.9. The van der Waals surface area contributed by atoms with Crippen LogP contribution >= 0.6 is 0 Å². The predicted molar refractivity (Wildman–Crippen MR) is 83.8 cm³/mol. The summed E-state index contributed by atoms with van der Waals surface area (Å²) in [6.07, 6.45) is 2.34. The van der Waals surface area contributed by atoms with Crippen molar-refractivity contribution in [3.8, 4) is 5.75 Å². The summed E-state index contributed by atoms with van der Waals surface area (Å²) >= 11 is 0. The molecule has 0 spiro atoms. The highest BCUT2D eigenvalue weighted by Gasteiger charge is 2.29. The number of benzene rings is 1. The summed E-state index contributed by atoms with van der Waals surface area (Å²) in [4.78, 5) is 0. The Kier molecular flexibility index (Phi) is 7.00. The van der Waals surface area contributed by atoms with Crippen LogP contribution in [0.1, 0.15) is 31.4 Å². The Morgan fingerprint density at radius 3 is 2.76 bits per heavy atom. The van der Waals surface area contributed by atoms with E-state index in [0.29, 0.717) is 5.92 Å². The molecule has 1 heterocycles. The minimum Gasteiger partial charge on any atom is -0.494 e. The second-order valence-corrected chi connectivity index (χ2v) is 5.45. The third-order valence-corrected chi connectivity index (χ3v) is 3.79. The van der Waals surface area contributed by atoms with Crippen LogP contribution in [0, 0.1) is 5.92 Å². The molecule has 1 fully saturated rings. The second-order valence-electron chi connectivity index (χ2n) is 5.45. The molecule has 1 saturated heterocycles. The Labute approximate surface area is 127 Å². The van der Waals surface area contributed by atoms with Crippen LogP contribution in [0.4, 0.5) is 0 Å². The molecule has 2 atom stereocenters. The highest BCUT2D eigenvalue weighted by molar-refractivity contribution is 5.29. The maximum Gasteiger partial charge on any atom is 0.119 e. The molecule has 2 unspecified atom stereocenters. The first kappa shape index (κ1) is 16.3. The Balaban J connectivity index is 1.86. The van der Waals surface area contributed by atoms with Crippen LogP contribution in [0.25, 0.3) is 0 Å². The average molecular weight is 293 g/mol. The van der Waals surface area contributed by atoms with Gasteiger partial charge in [-0.25, -0.2) is 0 Å². The highest BCUT2D eigenvalue weighted by atomic mass is 16.5. The fourth-order valence-corrected chi connectivity index (χ4v) is 2.65. The summed E-state index contributed by atoms with van der Waals surface area (Å²) in [5.41, 5.74) is 1.25. The number of ether oxygens (including phenoxy) is 3. The smallest absolute Gasteiger partial charge is 0.119 e. The molecule has 2 rings (SSSR count). The summed E-state index contributed by atoms with van der Waals surface area (Å²) < 4.78 is 16.6. The molecule has 118 valence electrons. The third kappa shape index (κ3) is 4.99. The van der Waals surface area contributed by atoms with Crippen LogP contribution in [-0.2, 0) is 9.47 Å². The molecule has 0 amide bonds. The first-order valence-corrected chi connectivity index (χ1v) is 7.89. The van der Waals surface area contributed by atoms with Crippen molar-refractivity contribution in [2.45, 2.75) is 25.9 Å². The van der Waals surface area contributed by atoms with Gasteiger partial charge < -0.3 is 19.5 Å². The predicted octanol–water partition coefficient (Wildman–Crippen LogP) is 2.79. The van der Waals surface area contributed by atoms with E-state index in [1.165, 1.54) is 5.56 Å². The zero-order valence-corrected chi connectivity index (χ0v) is 13.1. The molecule has 0 radical (unpaired) electrons. The quantitative estimate of drug-likeness (QED) is 0.711. The van der Waals surface area contributed by atoms with Gasteiger partial charge in [-0.2, -0.15) is 0 Å². The van der Waals surface area contributed by atoms with E-state index in [0.717, 1.165) is 51.5 Å². The average Bonchev–Trinajstić information content (AvgIpc) is 2.98. The Hall–Kier alpha value is -1.10. The molecular weight excluding hydrogens is 266 g/mol. The van der Waals surface area contributed by atoms with E-state index in [-0.39, 0.29) is 6.10 Å². The van der Waals surface area contributed by atoms with E-state index in [1.54, 1.807) is 7.11 Å². The first-order valence-electron chi connectivity index (χ1n) is 7.89.